The molecule has 13 nitrogen and oxygen atoms in total. The number of furan rings is 1. The lowest BCUT2D eigenvalue weighted by molar-refractivity contribution is 0.0524. The quantitative estimate of drug-likeness (QED) is 0.115. The normalized spacial score (nSPS) is 15.7. The fourth-order valence-electron chi connectivity index (χ4n) is 5.12. The Labute approximate surface area is 281 Å². The number of aromatic nitrogens is 4. The second-order valence-electron chi connectivity index (χ2n) is 10.8. The Balaban J connectivity index is 1.28. The summed E-state index contributed by atoms with van der Waals surface area (Å²) in [7, 11) is 4.88. The number of esters is 1. The maximum absolute atomic E-state index is 12.3. The highest BCUT2D eigenvalue weighted by Gasteiger charge is 2.26. The van der Waals surface area contributed by atoms with Crippen LogP contribution in [0.1, 0.15) is 30.0 Å². The van der Waals surface area contributed by atoms with Crippen LogP contribution in [0.5, 0.6) is 5.75 Å². The van der Waals surface area contributed by atoms with Gasteiger partial charge < -0.3 is 34.0 Å². The summed E-state index contributed by atoms with van der Waals surface area (Å²) in [6.45, 7) is 5.84. The van der Waals surface area contributed by atoms with Gasteiger partial charge in [0.15, 0.2) is 5.13 Å². The van der Waals surface area contributed by atoms with Gasteiger partial charge in [-0.3, -0.25) is 5.32 Å². The average molecular weight is 670 g/mol. The predicted octanol–water partition coefficient (Wildman–Crippen LogP) is 7.21. The van der Waals surface area contributed by atoms with Crippen LogP contribution in [0, 0.1) is 12.8 Å². The van der Waals surface area contributed by atoms with Gasteiger partial charge in [-0.1, -0.05) is 18.3 Å². The Morgan fingerprint density at radius 1 is 0.917 bits per heavy atom. The summed E-state index contributed by atoms with van der Waals surface area (Å²) in [5.41, 5.74) is 2.74. The summed E-state index contributed by atoms with van der Waals surface area (Å²) in [5.74, 6) is 3.71. The summed E-state index contributed by atoms with van der Waals surface area (Å²) < 4.78 is 28.4. The second kappa shape index (κ2) is 14.0. The van der Waals surface area contributed by atoms with E-state index in [1.165, 1.54) is 11.3 Å². The number of hydrogen-bond donors (Lipinski definition) is 3. The molecule has 6 rings (SSSR count). The van der Waals surface area contributed by atoms with Crippen LogP contribution in [0.15, 0.2) is 76.6 Å². The number of allylic oxidation sites excluding steroid dienone is 1. The minimum absolute atomic E-state index is 0.0279. The first kappa shape index (κ1) is 32.3. The first-order chi connectivity index (χ1) is 23.3. The number of fused-ring (bicyclic) bond motifs is 1. The van der Waals surface area contributed by atoms with Gasteiger partial charge in [0.1, 0.15) is 34.4 Å². The summed E-state index contributed by atoms with van der Waals surface area (Å²) in [6.07, 6.45) is 3.82. The largest absolute Gasteiger partial charge is 0.501 e. The van der Waals surface area contributed by atoms with Crippen LogP contribution in [-0.2, 0) is 14.2 Å². The number of anilines is 5. The molecule has 1 aliphatic rings. The van der Waals surface area contributed by atoms with Crippen LogP contribution in [0.3, 0.4) is 0 Å². The molecule has 1 aliphatic carbocycles. The van der Waals surface area contributed by atoms with Crippen molar-refractivity contribution in [1.82, 2.24) is 19.9 Å². The van der Waals surface area contributed by atoms with Crippen molar-refractivity contribution in [3.05, 3.63) is 83.5 Å². The zero-order chi connectivity index (χ0) is 33.8. The van der Waals surface area contributed by atoms with Crippen LogP contribution >= 0.6 is 11.3 Å². The molecule has 0 bridgehead atoms. The molecule has 0 aliphatic heterocycles. The third-order valence-corrected chi connectivity index (χ3v) is 8.61. The summed E-state index contributed by atoms with van der Waals surface area (Å²) >= 11 is 1.46. The van der Waals surface area contributed by atoms with E-state index in [0.717, 1.165) is 33.0 Å². The lowest BCUT2D eigenvalue weighted by atomic mass is 9.94. The van der Waals surface area contributed by atoms with E-state index in [9.17, 15) is 4.79 Å². The van der Waals surface area contributed by atoms with E-state index in [0.29, 0.717) is 39.9 Å². The molecule has 0 radical (unpaired) electrons. The fourth-order valence-corrected chi connectivity index (χ4v) is 6.01. The molecule has 0 spiro atoms. The molecule has 0 saturated heterocycles. The molecule has 2 aromatic carbocycles. The van der Waals surface area contributed by atoms with Gasteiger partial charge in [0, 0.05) is 23.2 Å². The highest BCUT2D eigenvalue weighted by molar-refractivity contribution is 7.22. The van der Waals surface area contributed by atoms with E-state index < -0.39 is 5.97 Å². The van der Waals surface area contributed by atoms with Gasteiger partial charge in [0.2, 0.25) is 17.8 Å². The van der Waals surface area contributed by atoms with Crippen molar-refractivity contribution in [3.63, 3.8) is 0 Å². The third-order valence-electron chi connectivity index (χ3n) is 7.67. The number of ether oxygens (including phenoxy) is 4. The van der Waals surface area contributed by atoms with Crippen molar-refractivity contribution in [2.45, 2.75) is 26.8 Å². The maximum Gasteiger partial charge on any atom is 0.341 e. The molecule has 0 fully saturated rings. The van der Waals surface area contributed by atoms with Gasteiger partial charge >= 0.3 is 5.97 Å². The standard InChI is InChI=1S/C34H35N7O6S/c1-7-46-30(42)24-17-28(47-19(24)3)20-8-10-21(11-9-20)35-31-38-32(36-26-14-23(44-5)15-27(45-6)18(26)2)40-33(39-31)41-34-37-25-13-12-22(43-4)16-29(25)48-34/h8-18,26H,7H2,1-6H3,(H3,35,36,37,38,39,40,41). The predicted molar refractivity (Wildman–Crippen MR) is 184 cm³/mol. The molecule has 0 saturated carbocycles. The first-order valence-electron chi connectivity index (χ1n) is 15.2. The highest BCUT2D eigenvalue weighted by atomic mass is 32.1. The SMILES string of the molecule is CCOC(=O)c1cc(-c2ccc(Nc3nc(Nc4nc5ccc(OC)cc5s4)nc(NC4C=C(OC)C=C(OC)C4C)n3)cc2)oc1C. The summed E-state index contributed by atoms with van der Waals surface area (Å²) in [5, 5.41) is 10.5. The van der Waals surface area contributed by atoms with Crippen LogP contribution in [0.4, 0.5) is 28.7 Å². The van der Waals surface area contributed by atoms with Gasteiger partial charge in [-0.2, -0.15) is 15.0 Å². The topological polar surface area (TPSA) is 155 Å². The first-order valence-corrected chi connectivity index (χ1v) is 16.0. The molecule has 0 amide bonds. The van der Waals surface area contributed by atoms with Crippen molar-refractivity contribution >= 4 is 56.2 Å². The molecule has 48 heavy (non-hydrogen) atoms. The lowest BCUT2D eigenvalue weighted by Gasteiger charge is -2.28. The number of benzene rings is 2. The molecule has 248 valence electrons. The Morgan fingerprint density at radius 3 is 2.38 bits per heavy atom. The number of carbonyl (C=O) groups is 1. The highest BCUT2D eigenvalue weighted by Crippen LogP contribution is 2.32. The van der Waals surface area contributed by atoms with Gasteiger partial charge in [-0.15, -0.1) is 0 Å². The number of thiazole rings is 1. The van der Waals surface area contributed by atoms with Crippen LogP contribution < -0.4 is 20.7 Å². The van der Waals surface area contributed by atoms with E-state index >= 15 is 0 Å². The number of carbonyl (C=O) groups excluding carboxylic acids is 1. The number of methoxy groups -OCH3 is 3. The van der Waals surface area contributed by atoms with E-state index in [1.54, 1.807) is 41.2 Å². The van der Waals surface area contributed by atoms with Gasteiger partial charge in [-0.25, -0.2) is 9.78 Å². The fraction of sp³-hybridized carbons (Fsp3) is 0.265. The number of rotatable bonds is 12. The third kappa shape index (κ3) is 7.03. The maximum atomic E-state index is 12.3. The number of aryl methyl sites for hydroxylation is 1. The molecule has 2 unspecified atom stereocenters. The molecule has 3 aromatic heterocycles. The summed E-state index contributed by atoms with van der Waals surface area (Å²) in [6, 6.07) is 14.7. The van der Waals surface area contributed by atoms with Crippen LogP contribution in [0.25, 0.3) is 21.5 Å². The smallest absolute Gasteiger partial charge is 0.341 e. The zero-order valence-corrected chi connectivity index (χ0v) is 28.1. The van der Waals surface area contributed by atoms with Crippen molar-refractivity contribution < 1.29 is 28.2 Å². The van der Waals surface area contributed by atoms with Crippen molar-refractivity contribution in [2.24, 2.45) is 5.92 Å². The molecule has 2 atom stereocenters. The van der Waals surface area contributed by atoms with Crippen LogP contribution in [-0.4, -0.2) is 59.9 Å². The van der Waals surface area contributed by atoms with E-state index in [-0.39, 0.29) is 24.5 Å². The monoisotopic (exact) mass is 669 g/mol. The second-order valence-corrected chi connectivity index (χ2v) is 11.8. The minimum Gasteiger partial charge on any atom is -0.501 e. The van der Waals surface area contributed by atoms with E-state index in [4.69, 9.17) is 23.4 Å². The molecule has 3 heterocycles. The molecule has 5 aromatic rings. The van der Waals surface area contributed by atoms with E-state index in [2.05, 4.69) is 35.9 Å². The molecular formula is C34H35N7O6S. The lowest BCUT2D eigenvalue weighted by Crippen LogP contribution is -2.31. The van der Waals surface area contributed by atoms with Gasteiger partial charge in [-0.05, 0) is 68.5 Å². The Kier molecular flexibility index (Phi) is 9.43. The zero-order valence-electron chi connectivity index (χ0n) is 27.3. The molecular weight excluding hydrogens is 634 g/mol. The number of nitrogens with zero attached hydrogens (tertiary/aromatic N) is 4. The molecule has 3 N–H and O–H groups in total. The minimum atomic E-state index is -0.413. The van der Waals surface area contributed by atoms with Crippen molar-refractivity contribution in [1.29, 1.82) is 0 Å². The van der Waals surface area contributed by atoms with Crippen molar-refractivity contribution in [2.75, 3.05) is 43.9 Å². The number of hydrogen-bond acceptors (Lipinski definition) is 14. The van der Waals surface area contributed by atoms with Gasteiger partial charge in [0.05, 0.1) is 44.2 Å². The summed E-state index contributed by atoms with van der Waals surface area (Å²) in [4.78, 5) is 31.0. The number of nitrogens with one attached hydrogen (secondary N) is 3. The van der Waals surface area contributed by atoms with Crippen molar-refractivity contribution in [3.8, 4) is 17.1 Å². The van der Waals surface area contributed by atoms with Gasteiger partial charge in [0.25, 0.3) is 0 Å². The Morgan fingerprint density at radius 2 is 1.67 bits per heavy atom. The van der Waals surface area contributed by atoms with Crippen LogP contribution in [0.2, 0.25) is 0 Å². The Bertz CT molecular complexity index is 2000. The molecule has 14 heteroatoms. The Hall–Kier alpha value is -5.63. The van der Waals surface area contributed by atoms with E-state index in [1.807, 2.05) is 61.5 Å². The average Bonchev–Trinajstić information content (AvgIpc) is 3.68.